The summed E-state index contributed by atoms with van der Waals surface area (Å²) in [4.78, 5) is 6.93. The third-order valence-corrected chi connectivity index (χ3v) is 5.32. The Morgan fingerprint density at radius 3 is 2.57 bits per heavy atom. The fourth-order valence-corrected chi connectivity index (χ4v) is 3.49. The van der Waals surface area contributed by atoms with Gasteiger partial charge in [-0.3, -0.25) is 4.99 Å². The van der Waals surface area contributed by atoms with Crippen LogP contribution in [0.2, 0.25) is 0 Å². The molecule has 0 radical (unpaired) electrons. The van der Waals surface area contributed by atoms with Gasteiger partial charge in [-0.15, -0.1) is 0 Å². The van der Waals surface area contributed by atoms with Crippen LogP contribution in [0, 0.1) is 0 Å². The number of benzene rings is 2. The highest BCUT2D eigenvalue weighted by Gasteiger charge is 2.14. The second-order valence-corrected chi connectivity index (χ2v) is 7.60. The Morgan fingerprint density at radius 2 is 1.93 bits per heavy atom. The summed E-state index contributed by atoms with van der Waals surface area (Å²) in [6.07, 6.45) is 2.89. The molecule has 1 aliphatic rings. The number of ether oxygens (including phenoxy) is 3. The zero-order valence-electron chi connectivity index (χ0n) is 16.7. The van der Waals surface area contributed by atoms with Gasteiger partial charge in [0.15, 0.2) is 11.5 Å². The van der Waals surface area contributed by atoms with Crippen molar-refractivity contribution in [2.75, 3.05) is 38.3 Å². The van der Waals surface area contributed by atoms with Gasteiger partial charge in [0.05, 0.1) is 36.6 Å². The Labute approximate surface area is 175 Å². The fourth-order valence-electron chi connectivity index (χ4n) is 2.93. The molecule has 6 heteroatoms. The van der Waals surface area contributed by atoms with Crippen LogP contribution >= 0.6 is 15.9 Å². The van der Waals surface area contributed by atoms with Crippen molar-refractivity contribution in [2.24, 2.45) is 4.99 Å². The van der Waals surface area contributed by atoms with E-state index in [2.05, 4.69) is 44.9 Å². The molecule has 0 saturated carbocycles. The Balaban J connectivity index is 1.73. The lowest BCUT2D eigenvalue weighted by atomic mass is 10.2. The summed E-state index contributed by atoms with van der Waals surface area (Å²) in [7, 11) is 1.65. The number of nitrogens with zero attached hydrogens (tertiary/aromatic N) is 2. The van der Waals surface area contributed by atoms with Crippen LogP contribution in [0.15, 0.2) is 45.9 Å². The van der Waals surface area contributed by atoms with Gasteiger partial charge < -0.3 is 19.1 Å². The molecule has 1 aliphatic heterocycles. The summed E-state index contributed by atoms with van der Waals surface area (Å²) >= 11 is 3.59. The summed E-state index contributed by atoms with van der Waals surface area (Å²) < 4.78 is 17.8. The summed E-state index contributed by atoms with van der Waals surface area (Å²) in [6, 6.07) is 12.2. The summed E-state index contributed by atoms with van der Waals surface area (Å²) in [6.45, 7) is 7.57. The number of hydrogen-bond donors (Lipinski definition) is 0. The van der Waals surface area contributed by atoms with Crippen molar-refractivity contribution < 1.29 is 14.2 Å². The van der Waals surface area contributed by atoms with Crippen LogP contribution in [0.5, 0.6) is 11.5 Å². The van der Waals surface area contributed by atoms with Crippen LogP contribution in [-0.2, 0) is 4.74 Å². The fraction of sp³-hybridized carbons (Fsp3) is 0.409. The number of halogens is 1. The van der Waals surface area contributed by atoms with E-state index in [1.165, 1.54) is 5.69 Å². The average Bonchev–Trinajstić information content (AvgIpc) is 2.74. The third-order valence-electron chi connectivity index (χ3n) is 4.73. The first kappa shape index (κ1) is 20.7. The lowest BCUT2D eigenvalue weighted by Gasteiger charge is -2.28. The van der Waals surface area contributed by atoms with E-state index in [1.54, 1.807) is 7.11 Å². The molecule has 0 amide bonds. The first-order valence-electron chi connectivity index (χ1n) is 9.61. The van der Waals surface area contributed by atoms with E-state index in [0.717, 1.165) is 54.2 Å². The second-order valence-electron chi connectivity index (χ2n) is 6.74. The number of methoxy groups -OCH3 is 1. The van der Waals surface area contributed by atoms with Gasteiger partial charge in [0.2, 0.25) is 0 Å². The maximum absolute atomic E-state index is 5.97. The molecule has 3 rings (SSSR count). The maximum atomic E-state index is 5.97. The zero-order chi connectivity index (χ0) is 19.9. The monoisotopic (exact) mass is 446 g/mol. The van der Waals surface area contributed by atoms with Crippen LogP contribution in [0.3, 0.4) is 0 Å². The van der Waals surface area contributed by atoms with Gasteiger partial charge in [-0.1, -0.05) is 6.92 Å². The Hall–Kier alpha value is -2.05. The standard InChI is InChI=1S/C22H27BrN2O3/c1-4-16(2)28-22-20(23)13-17(14-21(22)26-3)15-24-18-5-7-19(8-6-18)25-9-11-27-12-10-25/h5-8,13-16H,4,9-12H2,1-3H3/t16-/m0/s1. The van der Waals surface area contributed by atoms with Gasteiger partial charge in [-0.2, -0.15) is 0 Å². The Bertz CT molecular complexity index is 802. The van der Waals surface area contributed by atoms with Crippen molar-refractivity contribution in [1.82, 2.24) is 0 Å². The number of aliphatic imine (C=N–C) groups is 1. The first-order chi connectivity index (χ1) is 13.6. The lowest BCUT2D eigenvalue weighted by Crippen LogP contribution is -2.36. The van der Waals surface area contributed by atoms with Gasteiger partial charge in [0, 0.05) is 25.0 Å². The highest BCUT2D eigenvalue weighted by molar-refractivity contribution is 9.10. The van der Waals surface area contributed by atoms with Crippen molar-refractivity contribution in [3.8, 4) is 11.5 Å². The van der Waals surface area contributed by atoms with Crippen molar-refractivity contribution in [3.63, 3.8) is 0 Å². The number of morpholine rings is 1. The Kier molecular flexibility index (Phi) is 7.34. The van der Waals surface area contributed by atoms with Crippen LogP contribution < -0.4 is 14.4 Å². The molecular weight excluding hydrogens is 420 g/mol. The highest BCUT2D eigenvalue weighted by atomic mass is 79.9. The molecule has 5 nitrogen and oxygen atoms in total. The first-order valence-corrected chi connectivity index (χ1v) is 10.4. The zero-order valence-corrected chi connectivity index (χ0v) is 18.2. The topological polar surface area (TPSA) is 43.3 Å². The van der Waals surface area contributed by atoms with Gasteiger partial charge in [-0.05, 0) is 71.2 Å². The molecule has 2 aromatic rings. The van der Waals surface area contributed by atoms with Crippen LogP contribution in [0.25, 0.3) is 0 Å². The van der Waals surface area contributed by atoms with E-state index in [9.17, 15) is 0 Å². The Morgan fingerprint density at radius 1 is 1.21 bits per heavy atom. The third kappa shape index (κ3) is 5.26. The van der Waals surface area contributed by atoms with Gasteiger partial charge in [0.1, 0.15) is 0 Å². The molecule has 0 aromatic heterocycles. The second kappa shape index (κ2) is 9.94. The number of rotatable bonds is 7. The van der Waals surface area contributed by atoms with Crippen LogP contribution in [0.1, 0.15) is 25.8 Å². The summed E-state index contributed by atoms with van der Waals surface area (Å²) in [5.74, 6) is 1.42. The average molecular weight is 447 g/mol. The number of anilines is 1. The van der Waals surface area contributed by atoms with E-state index < -0.39 is 0 Å². The molecule has 2 aromatic carbocycles. The van der Waals surface area contributed by atoms with Gasteiger partial charge in [-0.25, -0.2) is 0 Å². The minimum Gasteiger partial charge on any atom is -0.493 e. The van der Waals surface area contributed by atoms with E-state index in [0.29, 0.717) is 5.75 Å². The van der Waals surface area contributed by atoms with Crippen LogP contribution in [-0.4, -0.2) is 45.7 Å². The molecule has 1 saturated heterocycles. The van der Waals surface area contributed by atoms with Gasteiger partial charge >= 0.3 is 0 Å². The van der Waals surface area contributed by atoms with E-state index >= 15 is 0 Å². The van der Waals surface area contributed by atoms with E-state index in [4.69, 9.17) is 14.2 Å². The molecule has 0 N–H and O–H groups in total. The molecule has 1 atom stereocenters. The largest absolute Gasteiger partial charge is 0.493 e. The predicted molar refractivity (Wildman–Crippen MR) is 118 cm³/mol. The maximum Gasteiger partial charge on any atom is 0.175 e. The molecule has 1 fully saturated rings. The minimum atomic E-state index is 0.120. The van der Waals surface area contributed by atoms with E-state index in [-0.39, 0.29) is 6.10 Å². The molecule has 150 valence electrons. The predicted octanol–water partition coefficient (Wildman–Crippen LogP) is 5.22. The quantitative estimate of drug-likeness (QED) is 0.546. The molecule has 1 heterocycles. The molecule has 0 spiro atoms. The summed E-state index contributed by atoms with van der Waals surface area (Å²) in [5.41, 5.74) is 3.06. The summed E-state index contributed by atoms with van der Waals surface area (Å²) in [5, 5.41) is 0. The molecule has 0 bridgehead atoms. The molecule has 0 unspecified atom stereocenters. The minimum absolute atomic E-state index is 0.120. The SMILES string of the molecule is CC[C@H](C)Oc1c(Br)cc(C=Nc2ccc(N3CCOCC3)cc2)cc1OC. The highest BCUT2D eigenvalue weighted by Crippen LogP contribution is 2.37. The normalized spacial score (nSPS) is 15.6. The van der Waals surface area contributed by atoms with E-state index in [1.807, 2.05) is 37.4 Å². The van der Waals surface area contributed by atoms with Crippen molar-refractivity contribution in [2.45, 2.75) is 26.4 Å². The molecule has 28 heavy (non-hydrogen) atoms. The van der Waals surface area contributed by atoms with Crippen molar-refractivity contribution >= 4 is 33.5 Å². The van der Waals surface area contributed by atoms with Crippen molar-refractivity contribution in [1.29, 1.82) is 0 Å². The smallest absolute Gasteiger partial charge is 0.175 e. The van der Waals surface area contributed by atoms with Gasteiger partial charge in [0.25, 0.3) is 0 Å². The van der Waals surface area contributed by atoms with Crippen molar-refractivity contribution in [3.05, 3.63) is 46.4 Å². The molecular formula is C22H27BrN2O3. The lowest BCUT2D eigenvalue weighted by molar-refractivity contribution is 0.122. The number of hydrogen-bond acceptors (Lipinski definition) is 5. The van der Waals surface area contributed by atoms with Crippen LogP contribution in [0.4, 0.5) is 11.4 Å². The molecule has 0 aliphatic carbocycles.